The number of carbonyl (C=O) groups is 1. The minimum atomic E-state index is -5.41. The van der Waals surface area contributed by atoms with Crippen LogP contribution >= 0.6 is 0 Å². The van der Waals surface area contributed by atoms with E-state index in [9.17, 15) is 31.1 Å². The fourth-order valence-electron chi connectivity index (χ4n) is 3.02. The van der Waals surface area contributed by atoms with Crippen LogP contribution in [0.2, 0.25) is 0 Å². The second-order valence-corrected chi connectivity index (χ2v) is 5.93. The van der Waals surface area contributed by atoms with Gasteiger partial charge in [0.25, 0.3) is 0 Å². The van der Waals surface area contributed by atoms with Gasteiger partial charge in [-0.15, -0.1) is 0 Å². The van der Waals surface area contributed by atoms with Crippen molar-refractivity contribution in [1.29, 1.82) is 0 Å². The first kappa shape index (κ1) is 17.1. The lowest BCUT2D eigenvalue weighted by Crippen LogP contribution is -2.52. The zero-order valence-electron chi connectivity index (χ0n) is 11.9. The smallest absolute Gasteiger partial charge is 0.341 e. The van der Waals surface area contributed by atoms with Crippen LogP contribution in [-0.4, -0.2) is 36.2 Å². The highest BCUT2D eigenvalue weighted by atomic mass is 19.4. The van der Waals surface area contributed by atoms with Crippen molar-refractivity contribution in [1.82, 2.24) is 4.90 Å². The number of hydrogen-bond acceptors (Lipinski definition) is 1. The van der Waals surface area contributed by atoms with Crippen LogP contribution in [-0.2, 0) is 4.79 Å². The molecule has 0 aromatic carbocycles. The van der Waals surface area contributed by atoms with E-state index >= 15 is 0 Å². The highest BCUT2D eigenvalue weighted by Gasteiger charge is 2.72. The minimum Gasteiger partial charge on any atom is -0.341 e. The van der Waals surface area contributed by atoms with Crippen LogP contribution in [0.1, 0.15) is 38.5 Å². The molecular weight excluding hydrogens is 312 g/mol. The Kier molecular flexibility index (Phi) is 4.50. The molecule has 1 saturated heterocycles. The topological polar surface area (TPSA) is 20.3 Å². The van der Waals surface area contributed by atoms with E-state index in [-0.39, 0.29) is 6.42 Å². The molecule has 2 rings (SSSR count). The van der Waals surface area contributed by atoms with E-state index in [1.54, 1.807) is 0 Å². The predicted molar refractivity (Wildman–Crippen MR) is 66.9 cm³/mol. The van der Waals surface area contributed by atoms with Crippen LogP contribution in [0.15, 0.2) is 11.6 Å². The second kappa shape index (κ2) is 5.77. The summed E-state index contributed by atoms with van der Waals surface area (Å²) in [4.78, 5) is 12.7. The van der Waals surface area contributed by atoms with Crippen molar-refractivity contribution in [2.75, 3.05) is 13.1 Å². The third kappa shape index (κ3) is 3.10. The molecule has 0 atom stereocenters. The van der Waals surface area contributed by atoms with Gasteiger partial charge in [-0.2, -0.15) is 26.3 Å². The maximum Gasteiger partial charge on any atom is 0.404 e. The van der Waals surface area contributed by atoms with E-state index in [4.69, 9.17) is 0 Å². The van der Waals surface area contributed by atoms with Crippen LogP contribution in [0.4, 0.5) is 26.3 Å². The monoisotopic (exact) mass is 329 g/mol. The van der Waals surface area contributed by atoms with Gasteiger partial charge in [0.05, 0.1) is 0 Å². The van der Waals surface area contributed by atoms with Crippen molar-refractivity contribution in [2.45, 2.75) is 50.9 Å². The summed E-state index contributed by atoms with van der Waals surface area (Å²) in [5, 5.41) is 0. The Balaban J connectivity index is 2.10. The van der Waals surface area contributed by atoms with Gasteiger partial charge in [-0.25, -0.2) is 0 Å². The van der Waals surface area contributed by atoms with Gasteiger partial charge < -0.3 is 4.90 Å². The molecule has 2 aliphatic rings. The maximum absolute atomic E-state index is 12.9. The normalized spacial score (nSPS) is 22.6. The molecule has 0 spiro atoms. The van der Waals surface area contributed by atoms with Gasteiger partial charge in [-0.3, -0.25) is 4.79 Å². The molecule has 1 amide bonds. The highest BCUT2D eigenvalue weighted by Crippen LogP contribution is 2.55. The van der Waals surface area contributed by atoms with Crippen LogP contribution in [0, 0.1) is 5.41 Å². The van der Waals surface area contributed by atoms with Gasteiger partial charge in [0, 0.05) is 19.5 Å². The standard InChI is InChI=1S/C14H17F6NO/c15-13(16,17)12(14(18,19)20)6-7-21(9-12)11(22)8-10-4-2-1-3-5-10/h4H,1-3,5-9H2. The number of carbonyl (C=O) groups excluding carboxylic acids is 1. The summed E-state index contributed by atoms with van der Waals surface area (Å²) < 4.78 is 77.6. The van der Waals surface area contributed by atoms with Gasteiger partial charge in [-0.05, 0) is 32.1 Å². The van der Waals surface area contributed by atoms with Gasteiger partial charge >= 0.3 is 12.4 Å². The molecular formula is C14H17F6NO. The number of nitrogens with zero attached hydrogens (tertiary/aromatic N) is 1. The molecule has 8 heteroatoms. The third-order valence-corrected chi connectivity index (χ3v) is 4.47. The summed E-state index contributed by atoms with van der Waals surface area (Å²) in [6.07, 6.45) is -6.79. The molecule has 0 saturated carbocycles. The van der Waals surface area contributed by atoms with Crippen molar-refractivity contribution in [3.8, 4) is 0 Å². The maximum atomic E-state index is 12.9. The van der Waals surface area contributed by atoms with E-state index in [0.29, 0.717) is 11.3 Å². The summed E-state index contributed by atoms with van der Waals surface area (Å²) in [5.41, 5.74) is -2.98. The first-order valence-electron chi connectivity index (χ1n) is 7.16. The largest absolute Gasteiger partial charge is 0.404 e. The molecule has 1 heterocycles. The van der Waals surface area contributed by atoms with Crippen molar-refractivity contribution < 1.29 is 31.1 Å². The number of hydrogen-bond donors (Lipinski definition) is 0. The molecule has 0 aromatic heterocycles. The first-order chi connectivity index (χ1) is 10.1. The van der Waals surface area contributed by atoms with E-state index in [1.807, 2.05) is 6.08 Å². The molecule has 0 radical (unpaired) electrons. The van der Waals surface area contributed by atoms with Crippen LogP contribution in [0.3, 0.4) is 0 Å². The Hall–Kier alpha value is -1.21. The Bertz CT molecular complexity index is 451. The number of likely N-dealkylation sites (tertiary alicyclic amines) is 1. The van der Waals surface area contributed by atoms with Gasteiger partial charge in [0.1, 0.15) is 0 Å². The average Bonchev–Trinajstić information content (AvgIpc) is 2.85. The van der Waals surface area contributed by atoms with E-state index in [2.05, 4.69) is 0 Å². The van der Waals surface area contributed by atoms with Crippen LogP contribution in [0.5, 0.6) is 0 Å². The molecule has 0 bridgehead atoms. The fraction of sp³-hybridized carbons (Fsp3) is 0.786. The number of alkyl halides is 6. The Morgan fingerprint density at radius 3 is 2.23 bits per heavy atom. The minimum absolute atomic E-state index is 0.0776. The highest BCUT2D eigenvalue weighted by molar-refractivity contribution is 5.79. The fourth-order valence-corrected chi connectivity index (χ4v) is 3.02. The number of halogens is 6. The second-order valence-electron chi connectivity index (χ2n) is 5.93. The van der Waals surface area contributed by atoms with Gasteiger partial charge in [-0.1, -0.05) is 11.6 Å². The van der Waals surface area contributed by atoms with Crippen molar-refractivity contribution >= 4 is 5.91 Å². The Morgan fingerprint density at radius 2 is 1.77 bits per heavy atom. The first-order valence-corrected chi connectivity index (χ1v) is 7.16. The quantitative estimate of drug-likeness (QED) is 0.549. The van der Waals surface area contributed by atoms with E-state index < -0.39 is 43.2 Å². The summed E-state index contributed by atoms with van der Waals surface area (Å²) in [6, 6.07) is 0. The number of amides is 1. The molecule has 126 valence electrons. The average molecular weight is 329 g/mol. The third-order valence-electron chi connectivity index (χ3n) is 4.47. The van der Waals surface area contributed by atoms with Crippen molar-refractivity contribution in [3.63, 3.8) is 0 Å². The van der Waals surface area contributed by atoms with Crippen LogP contribution in [0.25, 0.3) is 0 Å². The molecule has 1 fully saturated rings. The lowest BCUT2D eigenvalue weighted by molar-refractivity contribution is -0.334. The van der Waals surface area contributed by atoms with Gasteiger partial charge in [0.2, 0.25) is 5.91 Å². The Morgan fingerprint density at radius 1 is 1.14 bits per heavy atom. The zero-order valence-corrected chi connectivity index (χ0v) is 11.9. The lowest BCUT2D eigenvalue weighted by atomic mass is 9.85. The molecule has 0 unspecified atom stereocenters. The van der Waals surface area contributed by atoms with Crippen molar-refractivity contribution in [3.05, 3.63) is 11.6 Å². The van der Waals surface area contributed by atoms with E-state index in [1.165, 1.54) is 0 Å². The molecule has 0 aromatic rings. The summed E-state index contributed by atoms with van der Waals surface area (Å²) >= 11 is 0. The molecule has 2 nitrogen and oxygen atoms in total. The molecule has 1 aliphatic carbocycles. The number of allylic oxidation sites excluding steroid dienone is 1. The van der Waals surface area contributed by atoms with Crippen LogP contribution < -0.4 is 0 Å². The lowest BCUT2D eigenvalue weighted by Gasteiger charge is -2.33. The van der Waals surface area contributed by atoms with Gasteiger partial charge in [0.15, 0.2) is 5.41 Å². The Labute approximate surface area is 124 Å². The SMILES string of the molecule is O=C(CC1=CCCCC1)N1CCC(C(F)(F)F)(C(F)(F)F)C1. The molecule has 0 N–H and O–H groups in total. The predicted octanol–water partition coefficient (Wildman–Crippen LogP) is 4.22. The zero-order chi connectivity index (χ0) is 16.6. The molecule has 1 aliphatic heterocycles. The summed E-state index contributed by atoms with van der Waals surface area (Å²) in [6.45, 7) is -1.84. The molecule has 22 heavy (non-hydrogen) atoms. The summed E-state index contributed by atoms with van der Waals surface area (Å²) in [7, 11) is 0. The summed E-state index contributed by atoms with van der Waals surface area (Å²) in [5.74, 6) is -0.650. The van der Waals surface area contributed by atoms with E-state index in [0.717, 1.165) is 24.8 Å². The number of rotatable bonds is 2. The van der Waals surface area contributed by atoms with Crippen molar-refractivity contribution in [2.24, 2.45) is 5.41 Å².